The van der Waals surface area contributed by atoms with E-state index >= 15 is 0 Å². The highest BCUT2D eigenvalue weighted by Crippen LogP contribution is 2.23. The number of hydrogen-bond donors (Lipinski definition) is 1. The molecule has 0 rings (SSSR count). The van der Waals surface area contributed by atoms with Crippen LogP contribution in [0, 0.1) is 0 Å². The Morgan fingerprint density at radius 2 is 1.77 bits per heavy atom. The summed E-state index contributed by atoms with van der Waals surface area (Å²) in [6, 6.07) is 0. The molecule has 0 aliphatic rings. The van der Waals surface area contributed by atoms with Crippen molar-refractivity contribution in [2.24, 2.45) is 0 Å². The molecule has 0 amide bonds. The van der Waals surface area contributed by atoms with Gasteiger partial charge in [0.05, 0.1) is 0 Å². The molecule has 0 heterocycles. The van der Waals surface area contributed by atoms with Crippen LogP contribution in [0.3, 0.4) is 0 Å². The number of rotatable bonds is 4. The van der Waals surface area contributed by atoms with E-state index in [9.17, 15) is 26.0 Å². The van der Waals surface area contributed by atoms with E-state index in [-0.39, 0.29) is 23.1 Å². The average molecular weight is 238 g/mol. The quantitative estimate of drug-likeness (QED) is 0.418. The molecular weight excluding hydrogens is 232 g/mol. The topological polar surface area (TPSA) is 63.6 Å². The molecule has 0 saturated heterocycles. The highest BCUT2D eigenvalue weighted by Gasteiger charge is 2.42. The second-order valence-electron chi connectivity index (χ2n) is 1.75. The Bertz CT molecular complexity index is 240. The van der Waals surface area contributed by atoms with Gasteiger partial charge in [0.2, 0.25) is 0 Å². The molecule has 0 bridgehead atoms. The third kappa shape index (κ3) is 7.43. The first-order valence-electron chi connectivity index (χ1n) is 2.43. The predicted octanol–water partition coefficient (Wildman–Crippen LogP) is -0.210. The molecule has 0 fully saturated rings. The minimum atomic E-state index is -5.10. The molecule has 4 nitrogen and oxygen atoms in total. The summed E-state index contributed by atoms with van der Waals surface area (Å²) in [7, 11) is -5.10. The molecule has 0 spiro atoms. The summed E-state index contributed by atoms with van der Waals surface area (Å²) in [5, 5.41) is 0. The lowest BCUT2D eigenvalue weighted by molar-refractivity contribution is -0.148. The van der Waals surface area contributed by atoms with Crippen molar-refractivity contribution in [3.63, 3.8) is 0 Å². The third-order valence-electron chi connectivity index (χ3n) is 0.720. The van der Waals surface area contributed by atoms with Gasteiger partial charge in [-0.3, -0.25) is 4.55 Å². The standard InChI is InChI=1S/C3H4F4O4S.Mg.2H/c4-2(5)3(6,7)1-11-12(8,9)10;;;/h2H,1H2,(H,8,9,10);;;. The van der Waals surface area contributed by atoms with Gasteiger partial charge in [-0.2, -0.15) is 17.2 Å². The van der Waals surface area contributed by atoms with Crippen LogP contribution in [0.5, 0.6) is 0 Å². The Morgan fingerprint density at radius 3 is 2.00 bits per heavy atom. The van der Waals surface area contributed by atoms with E-state index < -0.39 is 29.4 Å². The SMILES string of the molecule is O=S(=O)(O)OCC(F)(F)C(F)F.[MgH2]. The van der Waals surface area contributed by atoms with Gasteiger partial charge in [0.25, 0.3) is 0 Å². The van der Waals surface area contributed by atoms with Crippen LogP contribution in [-0.2, 0) is 14.6 Å². The Balaban J connectivity index is 0. The molecule has 0 saturated carbocycles. The van der Waals surface area contributed by atoms with Gasteiger partial charge in [-0.25, -0.2) is 13.0 Å². The van der Waals surface area contributed by atoms with Crippen molar-refractivity contribution in [3.05, 3.63) is 0 Å². The summed E-state index contributed by atoms with van der Waals surface area (Å²) in [5.74, 6) is -4.59. The van der Waals surface area contributed by atoms with Crippen molar-refractivity contribution in [2.45, 2.75) is 12.3 Å². The van der Waals surface area contributed by atoms with Gasteiger partial charge >= 0.3 is 45.8 Å². The zero-order chi connectivity index (χ0) is 9.99. The first kappa shape index (κ1) is 15.8. The summed E-state index contributed by atoms with van der Waals surface area (Å²) in [6.07, 6.45) is -4.04. The maximum Gasteiger partial charge on any atom is 0.397 e. The lowest BCUT2D eigenvalue weighted by Gasteiger charge is -2.12. The van der Waals surface area contributed by atoms with Crippen LogP contribution in [0.2, 0.25) is 0 Å². The van der Waals surface area contributed by atoms with Crippen LogP contribution in [0.25, 0.3) is 0 Å². The number of alkyl halides is 4. The maximum atomic E-state index is 11.8. The second kappa shape index (κ2) is 5.29. The molecule has 0 aliphatic carbocycles. The minimum Gasteiger partial charge on any atom is -0.264 e. The summed E-state index contributed by atoms with van der Waals surface area (Å²) in [5.41, 5.74) is 0. The Morgan fingerprint density at radius 1 is 1.38 bits per heavy atom. The Hall–Kier alpha value is 0.356. The van der Waals surface area contributed by atoms with Crippen LogP contribution in [0.15, 0.2) is 0 Å². The highest BCUT2D eigenvalue weighted by molar-refractivity contribution is 7.80. The fraction of sp³-hybridized carbons (Fsp3) is 1.00. The molecule has 0 radical (unpaired) electrons. The molecule has 0 aromatic carbocycles. The third-order valence-corrected chi connectivity index (χ3v) is 1.14. The van der Waals surface area contributed by atoms with Gasteiger partial charge in [0, 0.05) is 0 Å². The fourth-order valence-electron chi connectivity index (χ4n) is 0.216. The highest BCUT2D eigenvalue weighted by atomic mass is 32.3. The maximum absolute atomic E-state index is 11.8. The van der Waals surface area contributed by atoms with E-state index in [1.807, 2.05) is 0 Å². The van der Waals surface area contributed by atoms with Gasteiger partial charge in [0.15, 0.2) is 0 Å². The van der Waals surface area contributed by atoms with E-state index in [0.717, 1.165) is 0 Å². The molecule has 0 aromatic rings. The van der Waals surface area contributed by atoms with Gasteiger partial charge in [0.1, 0.15) is 6.61 Å². The lowest BCUT2D eigenvalue weighted by Crippen LogP contribution is -2.33. The number of halogens is 4. The van der Waals surface area contributed by atoms with E-state index in [1.54, 1.807) is 0 Å². The van der Waals surface area contributed by atoms with Crippen molar-refractivity contribution in [1.29, 1.82) is 0 Å². The van der Waals surface area contributed by atoms with Crippen LogP contribution in [-0.4, -0.2) is 55.0 Å². The molecule has 0 unspecified atom stereocenters. The number of hydrogen-bond acceptors (Lipinski definition) is 3. The Kier molecular flexibility index (Phi) is 6.43. The summed E-state index contributed by atoms with van der Waals surface area (Å²) < 4.78 is 76.3. The Labute approximate surface area is 87.4 Å². The zero-order valence-corrected chi connectivity index (χ0v) is 6.19. The minimum absolute atomic E-state index is 0. The van der Waals surface area contributed by atoms with Gasteiger partial charge < -0.3 is 0 Å². The zero-order valence-electron chi connectivity index (χ0n) is 5.38. The average Bonchev–Trinajstić information content (AvgIpc) is 1.82. The first-order valence-corrected chi connectivity index (χ1v) is 3.79. The van der Waals surface area contributed by atoms with Crippen LogP contribution in [0.1, 0.15) is 0 Å². The molecule has 0 aromatic heterocycles. The van der Waals surface area contributed by atoms with Crippen molar-refractivity contribution in [1.82, 2.24) is 0 Å². The van der Waals surface area contributed by atoms with E-state index in [2.05, 4.69) is 4.18 Å². The summed E-state index contributed by atoms with van der Waals surface area (Å²) >= 11 is 0. The van der Waals surface area contributed by atoms with Gasteiger partial charge in [-0.05, 0) is 0 Å². The molecule has 0 aliphatic heterocycles. The normalized spacial score (nSPS) is 12.8. The first-order chi connectivity index (χ1) is 5.15. The van der Waals surface area contributed by atoms with Gasteiger partial charge in [-0.15, -0.1) is 0 Å². The molecule has 78 valence electrons. The molecule has 13 heavy (non-hydrogen) atoms. The largest absolute Gasteiger partial charge is 0.397 e. The second-order valence-corrected chi connectivity index (χ2v) is 2.84. The van der Waals surface area contributed by atoms with Gasteiger partial charge in [-0.1, -0.05) is 0 Å². The van der Waals surface area contributed by atoms with E-state index in [0.29, 0.717) is 0 Å². The predicted molar refractivity (Wildman–Crippen MR) is 37.0 cm³/mol. The van der Waals surface area contributed by atoms with Crippen molar-refractivity contribution in [2.75, 3.05) is 6.61 Å². The van der Waals surface area contributed by atoms with Crippen molar-refractivity contribution >= 4 is 33.5 Å². The summed E-state index contributed by atoms with van der Waals surface area (Å²) in [6.45, 7) is -2.08. The molecule has 0 atom stereocenters. The van der Waals surface area contributed by atoms with Crippen LogP contribution < -0.4 is 0 Å². The van der Waals surface area contributed by atoms with Crippen LogP contribution >= 0.6 is 0 Å². The molecule has 10 heteroatoms. The van der Waals surface area contributed by atoms with E-state index in [1.165, 1.54) is 0 Å². The van der Waals surface area contributed by atoms with Crippen molar-refractivity contribution in [3.8, 4) is 0 Å². The fourth-order valence-corrected chi connectivity index (χ4v) is 0.522. The van der Waals surface area contributed by atoms with Crippen molar-refractivity contribution < 1.29 is 34.7 Å². The monoisotopic (exact) mass is 238 g/mol. The lowest BCUT2D eigenvalue weighted by atomic mass is 10.4. The van der Waals surface area contributed by atoms with E-state index in [4.69, 9.17) is 4.55 Å². The smallest absolute Gasteiger partial charge is 0.264 e. The molecule has 1 N–H and O–H groups in total. The summed E-state index contributed by atoms with van der Waals surface area (Å²) in [4.78, 5) is 0. The van der Waals surface area contributed by atoms with Crippen LogP contribution in [0.4, 0.5) is 17.6 Å². The molecular formula is C3H6F4MgO4S.